The van der Waals surface area contributed by atoms with Gasteiger partial charge in [0.05, 0.1) is 12.2 Å². The first kappa shape index (κ1) is 36.1. The molecule has 3 heterocycles. The van der Waals surface area contributed by atoms with Crippen LogP contribution < -0.4 is 5.19 Å². The monoisotopic (exact) mass is 850 g/mol. The third-order valence-corrected chi connectivity index (χ3v) is 72.7. The summed E-state index contributed by atoms with van der Waals surface area (Å²) in [5, 5.41) is 3.87. The summed E-state index contributed by atoms with van der Waals surface area (Å²) in [4.78, 5) is 9.32. The van der Waals surface area contributed by atoms with E-state index in [9.17, 15) is 0 Å². The second kappa shape index (κ2) is 14.2. The molecule has 8 heteroatoms. The molecule has 0 N–H and O–H groups in total. The number of aromatic nitrogens is 2. The van der Waals surface area contributed by atoms with Crippen molar-refractivity contribution in [3.8, 4) is 22.5 Å². The van der Waals surface area contributed by atoms with E-state index in [0.717, 1.165) is 44.5 Å². The first-order valence-electron chi connectivity index (χ1n) is 15.7. The molecule has 6 aromatic rings. The van der Waals surface area contributed by atoms with Gasteiger partial charge in [-0.25, -0.2) is 0 Å². The molecule has 2 radical (unpaired) electrons. The number of hydrogen-bond donors (Lipinski definition) is 0. The predicted octanol–water partition coefficient (Wildman–Crippen LogP) is 9.93. The molecule has 3 nitrogen and oxygen atoms in total. The van der Waals surface area contributed by atoms with Crippen molar-refractivity contribution in [2.45, 2.75) is 66.2 Å². The second-order valence-corrected chi connectivity index (χ2v) is 50.7. The maximum Gasteiger partial charge on any atom is 0.123 e. The van der Waals surface area contributed by atoms with Gasteiger partial charge in [-0.3, -0.25) is 0 Å². The fourth-order valence-electron chi connectivity index (χ4n) is 7.71. The van der Waals surface area contributed by atoms with Crippen molar-refractivity contribution in [1.29, 1.82) is 0 Å². The zero-order chi connectivity index (χ0) is 32.6. The van der Waals surface area contributed by atoms with Gasteiger partial charge in [-0.2, -0.15) is 0 Å². The van der Waals surface area contributed by atoms with Gasteiger partial charge in [0.2, 0.25) is 0 Å². The van der Waals surface area contributed by atoms with Crippen LogP contribution in [0.15, 0.2) is 95.7 Å². The Hall–Kier alpha value is -2.72. The van der Waals surface area contributed by atoms with E-state index < -0.39 is 30.1 Å². The Kier molecular flexibility index (Phi) is 11.1. The van der Waals surface area contributed by atoms with E-state index in [1.54, 1.807) is 5.19 Å². The number of pyridine rings is 2. The smallest absolute Gasteiger partial charge is 0.123 e. The molecule has 0 spiro atoms. The summed E-state index contributed by atoms with van der Waals surface area (Å²) in [6.07, 6.45) is 4.07. The van der Waals surface area contributed by atoms with E-state index in [1.807, 2.05) is 30.5 Å². The molecule has 3 aromatic carbocycles. The van der Waals surface area contributed by atoms with Gasteiger partial charge in [-0.15, -0.1) is 53.1 Å². The summed E-state index contributed by atoms with van der Waals surface area (Å²) in [6.45, 7) is 23.4. The summed E-state index contributed by atoms with van der Waals surface area (Å²) < 4.78 is 6.09. The van der Waals surface area contributed by atoms with Gasteiger partial charge in [0.1, 0.15) is 5.58 Å². The normalized spacial score (nSPS) is 12.2. The molecular formula is C38H45IrN2OSi4-2. The fourth-order valence-corrected chi connectivity index (χ4v) is 87.1. The molecule has 0 amide bonds. The molecule has 0 aliphatic rings. The topological polar surface area (TPSA) is 38.9 Å². The van der Waals surface area contributed by atoms with E-state index in [0.29, 0.717) is 0 Å². The minimum atomic E-state index is -1.55. The average Bonchev–Trinajstić information content (AvgIpc) is 3.35. The minimum Gasteiger partial charge on any atom is -0.476 e. The van der Waals surface area contributed by atoms with Gasteiger partial charge in [-0.1, -0.05) is 118 Å². The van der Waals surface area contributed by atoms with Crippen LogP contribution in [0.1, 0.15) is 11.1 Å². The van der Waals surface area contributed by atoms with Gasteiger partial charge in [0, 0.05) is 56.0 Å². The van der Waals surface area contributed by atoms with E-state index in [1.165, 1.54) is 11.1 Å². The van der Waals surface area contributed by atoms with Crippen molar-refractivity contribution in [2.75, 3.05) is 0 Å². The number of rotatable bonds is 6. The van der Waals surface area contributed by atoms with Crippen LogP contribution >= 0.6 is 0 Å². The molecule has 6 rings (SSSR count). The zero-order valence-electron chi connectivity index (χ0n) is 28.8. The summed E-state index contributed by atoms with van der Waals surface area (Å²) in [6, 6.07) is 33.9. The third-order valence-electron chi connectivity index (χ3n) is 8.94. The first-order chi connectivity index (χ1) is 21.2. The molecule has 0 unspecified atom stereocenters. The molecule has 0 bridgehead atoms. The molecular weight excluding hydrogens is 805 g/mol. The third kappa shape index (κ3) is 7.08. The van der Waals surface area contributed by atoms with E-state index in [-0.39, 0.29) is 20.1 Å². The minimum absolute atomic E-state index is 0. The number of furan rings is 1. The van der Waals surface area contributed by atoms with Crippen LogP contribution in [-0.4, -0.2) is 40.1 Å². The quantitative estimate of drug-likeness (QED) is 0.124. The Morgan fingerprint density at radius 2 is 1.35 bits per heavy atom. The standard InChI is InChI=1S/C25H33NOSi4.C13H12N.Ir/c1-28(2)31(29(3,4)5,30(6,7)8)20-14-16-23(26-18-20)19-13-15-22-21-11-9-10-12-24(21)27-25(22)17-19;1-10-3-5-12(6-4-10)13-9-11(2)7-8-14-13;/h9-12,14-18H,1-8H3;3-5,7-9H,1-2H3;/q2*-1;. The maximum atomic E-state index is 6.09. The Morgan fingerprint density at radius 3 is 1.93 bits per heavy atom. The molecule has 0 fully saturated rings. The van der Waals surface area contributed by atoms with Crippen molar-refractivity contribution in [3.63, 3.8) is 0 Å². The molecule has 0 atom stereocenters. The summed E-state index contributed by atoms with van der Waals surface area (Å²) in [5.74, 6) is 0. The van der Waals surface area contributed by atoms with Gasteiger partial charge in [0.25, 0.3) is 0 Å². The van der Waals surface area contributed by atoms with Gasteiger partial charge < -0.3 is 14.4 Å². The van der Waals surface area contributed by atoms with Gasteiger partial charge in [-0.05, 0) is 35.8 Å². The fraction of sp³-hybridized carbons (Fsp3) is 0.263. The Bertz CT molecular complexity index is 1910. The van der Waals surface area contributed by atoms with Crippen molar-refractivity contribution in [3.05, 3.63) is 115 Å². The molecule has 0 aliphatic carbocycles. The molecule has 0 aliphatic heterocycles. The first-order valence-corrected chi connectivity index (χ1v) is 30.2. The van der Waals surface area contributed by atoms with Crippen LogP contribution in [0.25, 0.3) is 44.5 Å². The van der Waals surface area contributed by atoms with Crippen molar-refractivity contribution in [1.82, 2.24) is 9.97 Å². The van der Waals surface area contributed by atoms with Crippen LogP contribution in [0.4, 0.5) is 0 Å². The van der Waals surface area contributed by atoms with Crippen molar-refractivity contribution < 1.29 is 24.5 Å². The Balaban J connectivity index is 0.000000268. The van der Waals surface area contributed by atoms with Crippen LogP contribution in [0.5, 0.6) is 0 Å². The van der Waals surface area contributed by atoms with Crippen molar-refractivity contribution >= 4 is 57.2 Å². The zero-order valence-corrected chi connectivity index (χ0v) is 35.2. The Morgan fingerprint density at radius 1 is 0.652 bits per heavy atom. The van der Waals surface area contributed by atoms with Crippen LogP contribution in [0, 0.1) is 26.0 Å². The van der Waals surface area contributed by atoms with Crippen LogP contribution in [-0.2, 0) is 20.1 Å². The average molecular weight is 850 g/mol. The molecule has 3 aromatic heterocycles. The van der Waals surface area contributed by atoms with Crippen molar-refractivity contribution in [2.24, 2.45) is 0 Å². The largest absolute Gasteiger partial charge is 0.476 e. The second-order valence-electron chi connectivity index (χ2n) is 14.4. The number of aryl methyl sites for hydroxylation is 2. The predicted molar refractivity (Wildman–Crippen MR) is 203 cm³/mol. The summed E-state index contributed by atoms with van der Waals surface area (Å²) >= 11 is 0. The molecule has 0 saturated carbocycles. The molecule has 46 heavy (non-hydrogen) atoms. The van der Waals surface area contributed by atoms with E-state index in [2.05, 4.69) is 144 Å². The number of fused-ring (bicyclic) bond motifs is 3. The van der Waals surface area contributed by atoms with Crippen LogP contribution in [0.3, 0.4) is 0 Å². The number of hydrogen-bond acceptors (Lipinski definition) is 3. The summed E-state index contributed by atoms with van der Waals surface area (Å²) in [7, 11) is -3.11. The van der Waals surface area contributed by atoms with E-state index in [4.69, 9.17) is 9.40 Å². The van der Waals surface area contributed by atoms with Gasteiger partial charge >= 0.3 is 0 Å². The number of benzene rings is 3. The number of nitrogens with zero attached hydrogens (tertiary/aromatic N) is 2. The molecule has 240 valence electrons. The van der Waals surface area contributed by atoms with Crippen LogP contribution in [0.2, 0.25) is 52.4 Å². The number of para-hydroxylation sites is 1. The van der Waals surface area contributed by atoms with Gasteiger partial charge in [0.15, 0.2) is 0 Å². The Labute approximate surface area is 293 Å². The molecule has 0 saturated heterocycles. The van der Waals surface area contributed by atoms with E-state index >= 15 is 0 Å². The SMILES string of the molecule is C[Si](C)[Si](c1ccc(-c2[c-]cc3c(c2)oc2ccccc23)nc1)([Si](C)(C)C)[Si](C)(C)C.Cc1c[c-]c(-c2cc(C)ccn2)cc1.[Ir]. The maximum absolute atomic E-state index is 6.09. The summed E-state index contributed by atoms with van der Waals surface area (Å²) in [5.41, 5.74) is 8.31.